The zero-order valence-electron chi connectivity index (χ0n) is 16.9. The molecule has 0 unspecified atom stereocenters. The first-order valence-corrected chi connectivity index (χ1v) is 9.90. The maximum Gasteiger partial charge on any atom is 0.338 e. The van der Waals surface area contributed by atoms with Crippen LogP contribution in [0.5, 0.6) is 0 Å². The quantitative estimate of drug-likeness (QED) is 0.758. The van der Waals surface area contributed by atoms with E-state index in [2.05, 4.69) is 10.2 Å². The lowest BCUT2D eigenvalue weighted by Gasteiger charge is -2.39. The Hall–Kier alpha value is -2.38. The van der Waals surface area contributed by atoms with Crippen LogP contribution in [-0.2, 0) is 14.3 Å². The zero-order valence-corrected chi connectivity index (χ0v) is 16.9. The van der Waals surface area contributed by atoms with Gasteiger partial charge >= 0.3 is 12.0 Å². The number of likely N-dealkylation sites (N-methyl/N-ethyl adjacent to an activating group) is 1. The molecule has 1 aromatic rings. The lowest BCUT2D eigenvalue weighted by molar-refractivity contribution is -0.139. The number of hydrogen-bond acceptors (Lipinski definition) is 5. The molecule has 2 aliphatic heterocycles. The number of urea groups is 1. The van der Waals surface area contributed by atoms with Crippen molar-refractivity contribution in [3.8, 4) is 0 Å². The maximum atomic E-state index is 13.0. The van der Waals surface area contributed by atoms with Crippen LogP contribution in [0.4, 0.5) is 4.79 Å². The fourth-order valence-corrected chi connectivity index (χ4v) is 3.77. The normalized spacial score (nSPS) is 20.9. The number of benzene rings is 1. The highest BCUT2D eigenvalue weighted by molar-refractivity contribution is 5.95. The van der Waals surface area contributed by atoms with Crippen molar-refractivity contribution in [2.24, 2.45) is 0 Å². The summed E-state index contributed by atoms with van der Waals surface area (Å²) in [5.74, 6) is -0.377. The first-order valence-electron chi connectivity index (χ1n) is 9.90. The van der Waals surface area contributed by atoms with E-state index in [0.717, 1.165) is 29.9 Å². The number of aryl methyl sites for hydroxylation is 1. The summed E-state index contributed by atoms with van der Waals surface area (Å²) in [5, 5.41) is 3.02. The van der Waals surface area contributed by atoms with Crippen molar-refractivity contribution >= 4 is 12.0 Å². The van der Waals surface area contributed by atoms with Crippen molar-refractivity contribution in [2.75, 3.05) is 46.0 Å². The predicted molar refractivity (Wildman–Crippen MR) is 106 cm³/mol. The van der Waals surface area contributed by atoms with Crippen LogP contribution in [0.2, 0.25) is 0 Å². The van der Waals surface area contributed by atoms with Crippen molar-refractivity contribution in [2.45, 2.75) is 26.8 Å². The summed E-state index contributed by atoms with van der Waals surface area (Å²) in [6.45, 7) is 9.82. The molecule has 0 saturated carbocycles. The van der Waals surface area contributed by atoms with E-state index in [-0.39, 0.29) is 18.6 Å². The molecule has 1 N–H and O–H groups in total. The molecule has 152 valence electrons. The second-order valence-corrected chi connectivity index (χ2v) is 6.95. The lowest BCUT2D eigenvalue weighted by atomic mass is 9.91. The van der Waals surface area contributed by atoms with Gasteiger partial charge in [0.15, 0.2) is 0 Å². The third-order valence-electron chi connectivity index (χ3n) is 5.23. The Morgan fingerprint density at radius 2 is 1.96 bits per heavy atom. The third kappa shape index (κ3) is 4.20. The minimum atomic E-state index is -0.522. The molecule has 0 radical (unpaired) electrons. The molecule has 2 amide bonds. The SMILES string of the molecule is CCOC(=O)C1=C(CN2CCOCC2)N(CC)C(=O)N[C@@H]1c1ccccc1C. The Balaban J connectivity index is 2.09. The molecule has 28 heavy (non-hydrogen) atoms. The summed E-state index contributed by atoms with van der Waals surface area (Å²) in [5.41, 5.74) is 3.17. The van der Waals surface area contributed by atoms with Gasteiger partial charge in [-0.1, -0.05) is 24.3 Å². The van der Waals surface area contributed by atoms with E-state index in [1.807, 2.05) is 38.1 Å². The van der Waals surface area contributed by atoms with Crippen molar-refractivity contribution < 1.29 is 19.1 Å². The minimum absolute atomic E-state index is 0.188. The van der Waals surface area contributed by atoms with Gasteiger partial charge in [-0.2, -0.15) is 0 Å². The van der Waals surface area contributed by atoms with Gasteiger partial charge in [-0.15, -0.1) is 0 Å². The van der Waals surface area contributed by atoms with Crippen LogP contribution in [-0.4, -0.2) is 67.8 Å². The van der Waals surface area contributed by atoms with E-state index in [1.54, 1.807) is 11.8 Å². The summed E-state index contributed by atoms with van der Waals surface area (Å²) in [6.07, 6.45) is 0. The van der Waals surface area contributed by atoms with E-state index in [9.17, 15) is 9.59 Å². The fraction of sp³-hybridized carbons (Fsp3) is 0.524. The van der Waals surface area contributed by atoms with Crippen LogP contribution in [0.1, 0.15) is 31.0 Å². The first kappa shape index (κ1) is 20.4. The van der Waals surface area contributed by atoms with E-state index in [0.29, 0.717) is 31.9 Å². The summed E-state index contributed by atoms with van der Waals surface area (Å²) < 4.78 is 10.8. The van der Waals surface area contributed by atoms with Gasteiger partial charge in [-0.05, 0) is 31.9 Å². The Morgan fingerprint density at radius 1 is 1.25 bits per heavy atom. The Bertz CT molecular complexity index is 756. The van der Waals surface area contributed by atoms with Crippen LogP contribution < -0.4 is 5.32 Å². The number of carbonyl (C=O) groups excluding carboxylic acids is 2. The second kappa shape index (κ2) is 9.21. The highest BCUT2D eigenvalue weighted by Crippen LogP contribution is 2.33. The number of carbonyl (C=O) groups is 2. The number of nitrogens with one attached hydrogen (secondary N) is 1. The molecule has 1 atom stereocenters. The van der Waals surface area contributed by atoms with E-state index in [4.69, 9.17) is 9.47 Å². The van der Waals surface area contributed by atoms with Gasteiger partial charge in [0.2, 0.25) is 0 Å². The molecular formula is C21H29N3O4. The predicted octanol–water partition coefficient (Wildman–Crippen LogP) is 2.23. The molecule has 1 aromatic carbocycles. The van der Waals surface area contributed by atoms with Gasteiger partial charge in [0, 0.05) is 31.9 Å². The molecule has 0 aromatic heterocycles. The lowest BCUT2D eigenvalue weighted by Crippen LogP contribution is -2.51. The average molecular weight is 387 g/mol. The van der Waals surface area contributed by atoms with E-state index in [1.165, 1.54) is 0 Å². The molecule has 2 heterocycles. The topological polar surface area (TPSA) is 71.1 Å². The van der Waals surface area contributed by atoms with E-state index < -0.39 is 6.04 Å². The van der Waals surface area contributed by atoms with Gasteiger partial charge < -0.3 is 14.8 Å². The molecular weight excluding hydrogens is 358 g/mol. The number of rotatable bonds is 6. The monoisotopic (exact) mass is 387 g/mol. The minimum Gasteiger partial charge on any atom is -0.463 e. The van der Waals surface area contributed by atoms with Crippen molar-refractivity contribution in [3.05, 3.63) is 46.7 Å². The summed E-state index contributed by atoms with van der Waals surface area (Å²) in [7, 11) is 0. The van der Waals surface area contributed by atoms with Crippen LogP contribution in [0.15, 0.2) is 35.5 Å². The number of ether oxygens (including phenoxy) is 2. The molecule has 3 rings (SSSR count). The molecule has 2 aliphatic rings. The second-order valence-electron chi connectivity index (χ2n) is 6.95. The Morgan fingerprint density at radius 3 is 2.61 bits per heavy atom. The summed E-state index contributed by atoms with van der Waals surface area (Å²) >= 11 is 0. The van der Waals surface area contributed by atoms with Crippen LogP contribution in [0.3, 0.4) is 0 Å². The largest absolute Gasteiger partial charge is 0.463 e. The molecule has 0 bridgehead atoms. The van der Waals surface area contributed by atoms with Crippen molar-refractivity contribution in [1.29, 1.82) is 0 Å². The molecule has 1 saturated heterocycles. The summed E-state index contributed by atoms with van der Waals surface area (Å²) in [6, 6.07) is 7.10. The number of morpholine rings is 1. The molecule has 7 heteroatoms. The van der Waals surface area contributed by atoms with Gasteiger partial charge in [-0.3, -0.25) is 9.80 Å². The highest BCUT2D eigenvalue weighted by Gasteiger charge is 2.38. The maximum absolute atomic E-state index is 13.0. The molecule has 7 nitrogen and oxygen atoms in total. The number of nitrogens with zero attached hydrogens (tertiary/aromatic N) is 2. The van der Waals surface area contributed by atoms with Crippen molar-refractivity contribution in [1.82, 2.24) is 15.1 Å². The number of hydrogen-bond donors (Lipinski definition) is 1. The highest BCUT2D eigenvalue weighted by atomic mass is 16.5. The standard InChI is InChI=1S/C21H29N3O4/c1-4-24-17(14-23-10-12-27-13-11-23)18(20(25)28-5-2)19(22-21(24)26)16-9-7-6-8-15(16)3/h6-9,19H,4-5,10-14H2,1-3H3,(H,22,26)/t19-/m1/s1. The van der Waals surface area contributed by atoms with Crippen LogP contribution in [0.25, 0.3) is 0 Å². The Kier molecular flexibility index (Phi) is 6.70. The smallest absolute Gasteiger partial charge is 0.338 e. The van der Waals surface area contributed by atoms with Gasteiger partial charge in [-0.25, -0.2) is 9.59 Å². The van der Waals surface area contributed by atoms with Crippen LogP contribution in [0, 0.1) is 6.92 Å². The van der Waals surface area contributed by atoms with Gasteiger partial charge in [0.1, 0.15) is 0 Å². The third-order valence-corrected chi connectivity index (χ3v) is 5.23. The van der Waals surface area contributed by atoms with E-state index >= 15 is 0 Å². The number of amides is 2. The molecule has 0 spiro atoms. The Labute approximate surface area is 166 Å². The molecule has 0 aliphatic carbocycles. The zero-order chi connectivity index (χ0) is 20.1. The summed E-state index contributed by atoms with van der Waals surface area (Å²) in [4.78, 5) is 29.8. The number of esters is 1. The van der Waals surface area contributed by atoms with Crippen molar-refractivity contribution in [3.63, 3.8) is 0 Å². The van der Waals surface area contributed by atoms with Gasteiger partial charge in [0.05, 0.1) is 31.4 Å². The van der Waals surface area contributed by atoms with Gasteiger partial charge in [0.25, 0.3) is 0 Å². The van der Waals surface area contributed by atoms with Crippen LogP contribution >= 0.6 is 0 Å². The fourth-order valence-electron chi connectivity index (χ4n) is 3.77. The first-order chi connectivity index (χ1) is 13.6. The average Bonchev–Trinajstić information content (AvgIpc) is 2.69. The molecule has 1 fully saturated rings.